The van der Waals surface area contributed by atoms with Gasteiger partial charge >= 0.3 is 0 Å². The Labute approximate surface area is 255 Å². The van der Waals surface area contributed by atoms with E-state index in [4.69, 9.17) is 42.3 Å². The van der Waals surface area contributed by atoms with E-state index in [-0.39, 0.29) is 11.8 Å². The Bertz CT molecular complexity index is 1810. The number of nitrogens with zero attached hydrogens (tertiary/aromatic N) is 3. The van der Waals surface area contributed by atoms with Gasteiger partial charge < -0.3 is 9.15 Å². The lowest BCUT2D eigenvalue weighted by Crippen LogP contribution is -2.23. The molecular formula is C35H32Cl2N3O2+. The first kappa shape index (κ1) is 27.2. The highest BCUT2D eigenvalue weighted by Gasteiger charge is 2.31. The lowest BCUT2D eigenvalue weighted by Gasteiger charge is -2.19. The van der Waals surface area contributed by atoms with E-state index in [0.29, 0.717) is 22.6 Å². The molecule has 0 amide bonds. The van der Waals surface area contributed by atoms with Gasteiger partial charge in [-0.1, -0.05) is 72.6 Å². The Kier molecular flexibility index (Phi) is 7.25. The molecule has 5 aromatic rings. The van der Waals surface area contributed by atoms with Crippen LogP contribution in [0.2, 0.25) is 10.0 Å². The molecule has 1 saturated carbocycles. The van der Waals surface area contributed by atoms with Crippen LogP contribution in [-0.4, -0.2) is 40.5 Å². The van der Waals surface area contributed by atoms with E-state index in [0.717, 1.165) is 63.9 Å². The zero-order chi connectivity index (χ0) is 28.8. The van der Waals surface area contributed by atoms with E-state index < -0.39 is 0 Å². The van der Waals surface area contributed by atoms with Gasteiger partial charge in [0.15, 0.2) is 24.2 Å². The summed E-state index contributed by atoms with van der Waals surface area (Å²) in [7, 11) is 0. The molecule has 0 saturated heterocycles. The lowest BCUT2D eigenvalue weighted by molar-refractivity contribution is -0.521. The highest BCUT2D eigenvalue weighted by Crippen LogP contribution is 2.45. The smallest absolute Gasteiger partial charge is 0.198 e. The van der Waals surface area contributed by atoms with Crippen LogP contribution in [0.15, 0.2) is 77.2 Å². The van der Waals surface area contributed by atoms with E-state index in [9.17, 15) is 0 Å². The summed E-state index contributed by atoms with van der Waals surface area (Å²) >= 11 is 13.2. The minimum atomic E-state index is 0.00712. The number of ether oxygens (including phenoxy) is 1. The summed E-state index contributed by atoms with van der Waals surface area (Å²) in [5, 5.41) is 0.988. The summed E-state index contributed by atoms with van der Waals surface area (Å²) < 4.78 is 14.6. The number of hydrogen-bond acceptors (Lipinski definition) is 4. The van der Waals surface area contributed by atoms with Crippen molar-refractivity contribution >= 4 is 40.5 Å². The third kappa shape index (κ3) is 5.21. The quantitative estimate of drug-likeness (QED) is 0.132. The molecule has 1 aliphatic carbocycles. The lowest BCUT2D eigenvalue weighted by atomic mass is 9.91. The molecular weight excluding hydrogens is 565 g/mol. The van der Waals surface area contributed by atoms with E-state index in [1.165, 1.54) is 18.4 Å². The van der Waals surface area contributed by atoms with Crippen molar-refractivity contribution in [2.45, 2.75) is 44.4 Å². The second-order valence-electron chi connectivity index (χ2n) is 11.4. The maximum absolute atomic E-state index is 6.72. The van der Waals surface area contributed by atoms with Gasteiger partial charge in [0.1, 0.15) is 23.5 Å². The van der Waals surface area contributed by atoms with E-state index in [2.05, 4.69) is 79.2 Å². The van der Waals surface area contributed by atoms with Crippen molar-refractivity contribution in [1.29, 1.82) is 0 Å². The first-order chi connectivity index (χ1) is 20.5. The van der Waals surface area contributed by atoms with Crippen LogP contribution >= 0.6 is 23.2 Å². The predicted molar refractivity (Wildman–Crippen MR) is 169 cm³/mol. The molecule has 5 nitrogen and oxygen atoms in total. The molecule has 1 aliphatic heterocycles. The Hall–Kier alpha value is -3.67. The van der Waals surface area contributed by atoms with Crippen molar-refractivity contribution in [3.05, 3.63) is 111 Å². The molecule has 2 aromatic heterocycles. The molecule has 2 aliphatic rings. The van der Waals surface area contributed by atoms with E-state index >= 15 is 0 Å². The Morgan fingerprint density at radius 3 is 2.62 bits per heavy atom. The van der Waals surface area contributed by atoms with Crippen LogP contribution in [0.4, 0.5) is 0 Å². The summed E-state index contributed by atoms with van der Waals surface area (Å²) in [6.07, 6.45) is 4.55. The minimum Gasteiger partial charge on any atom is -0.490 e. The van der Waals surface area contributed by atoms with Gasteiger partial charge in [-0.3, -0.25) is 0 Å². The van der Waals surface area contributed by atoms with Gasteiger partial charge in [0, 0.05) is 28.5 Å². The Balaban J connectivity index is 1.31. The number of pyridine rings is 1. The van der Waals surface area contributed by atoms with Crippen LogP contribution in [-0.2, 0) is 0 Å². The van der Waals surface area contributed by atoms with Gasteiger partial charge in [-0.2, -0.15) is 0 Å². The van der Waals surface area contributed by atoms with Crippen molar-refractivity contribution in [3.63, 3.8) is 0 Å². The van der Waals surface area contributed by atoms with Crippen molar-refractivity contribution in [2.24, 2.45) is 0 Å². The molecule has 212 valence electrons. The number of rotatable bonds is 8. The van der Waals surface area contributed by atoms with Gasteiger partial charge in [0.2, 0.25) is 0 Å². The van der Waals surface area contributed by atoms with Crippen molar-refractivity contribution < 1.29 is 13.7 Å². The molecule has 3 aromatic carbocycles. The largest absolute Gasteiger partial charge is 0.490 e. The zero-order valence-electron chi connectivity index (χ0n) is 23.7. The fourth-order valence-corrected chi connectivity index (χ4v) is 6.15. The van der Waals surface area contributed by atoms with Crippen molar-refractivity contribution in [3.8, 4) is 17.0 Å². The first-order valence-electron chi connectivity index (χ1n) is 14.6. The Morgan fingerprint density at radius 1 is 1.00 bits per heavy atom. The summed E-state index contributed by atoms with van der Waals surface area (Å²) in [6, 6.07) is 24.8. The van der Waals surface area contributed by atoms with Gasteiger partial charge in [-0.15, -0.1) is 0 Å². The third-order valence-electron chi connectivity index (χ3n) is 8.31. The molecule has 3 heterocycles. The molecule has 7 rings (SSSR count). The fraction of sp³-hybridized carbons (Fsp3) is 0.286. The monoisotopic (exact) mass is 596 g/mol. The first-order valence-corrected chi connectivity index (χ1v) is 15.4. The molecule has 7 heteroatoms. The van der Waals surface area contributed by atoms with Crippen LogP contribution in [0.25, 0.3) is 22.4 Å². The third-order valence-corrected chi connectivity index (χ3v) is 9.13. The molecule has 2 unspecified atom stereocenters. The van der Waals surface area contributed by atoms with Crippen LogP contribution in [0.1, 0.15) is 72.7 Å². The summed E-state index contributed by atoms with van der Waals surface area (Å²) in [5.74, 6) is 2.41. The topological polar surface area (TPSA) is 51.2 Å². The number of hydrogen-bond donors (Lipinski definition) is 0. The van der Waals surface area contributed by atoms with Gasteiger partial charge in [-0.05, 0) is 55.7 Å². The number of benzene rings is 3. The predicted octanol–water partition coefficient (Wildman–Crippen LogP) is 8.85. The summed E-state index contributed by atoms with van der Waals surface area (Å²) in [6.45, 7) is 6.56. The summed E-state index contributed by atoms with van der Waals surface area (Å²) in [5.41, 5.74) is 7.72. The molecule has 42 heavy (non-hydrogen) atoms. The molecule has 0 radical (unpaired) electrons. The summed E-state index contributed by atoms with van der Waals surface area (Å²) in [4.78, 5) is 9.95. The van der Waals surface area contributed by atoms with Crippen LogP contribution in [0.3, 0.4) is 0 Å². The van der Waals surface area contributed by atoms with Crippen LogP contribution in [0.5, 0.6) is 5.75 Å². The highest BCUT2D eigenvalue weighted by molar-refractivity contribution is 6.43. The van der Waals surface area contributed by atoms with Crippen molar-refractivity contribution in [1.82, 2.24) is 9.97 Å². The highest BCUT2D eigenvalue weighted by atomic mass is 35.5. The molecule has 1 fully saturated rings. The van der Waals surface area contributed by atoms with Gasteiger partial charge in [-0.25, -0.2) is 14.5 Å². The van der Waals surface area contributed by atoms with Crippen LogP contribution < -0.4 is 4.74 Å². The average Bonchev–Trinajstić information content (AvgIpc) is 3.67. The fourth-order valence-electron chi connectivity index (χ4n) is 5.76. The maximum atomic E-state index is 6.72. The number of halogens is 2. The van der Waals surface area contributed by atoms with Crippen LogP contribution in [0, 0.1) is 0 Å². The molecule has 0 N–H and O–H groups in total. The normalized spacial score (nSPS) is 17.3. The second kappa shape index (κ2) is 11.2. The maximum Gasteiger partial charge on any atom is 0.198 e. The molecule has 0 spiro atoms. The average molecular weight is 598 g/mol. The zero-order valence-corrected chi connectivity index (χ0v) is 25.2. The molecule has 2 atom stereocenters. The van der Waals surface area contributed by atoms with E-state index in [1.54, 1.807) is 6.07 Å². The second-order valence-corrected chi connectivity index (χ2v) is 12.1. The van der Waals surface area contributed by atoms with E-state index in [1.807, 2.05) is 12.1 Å². The van der Waals surface area contributed by atoms with Gasteiger partial charge in [0.25, 0.3) is 0 Å². The standard InChI is InChI=1S/C35H32Cl2N3O2/c1-3-40(18-22-12-15-29-31(16-22)42-35(39-29)24-13-14-24)19-27(23-8-5-4-6-9-23)30-17-26-21(2)20-41-34(26)33(38-30)25-10-7-11-28(36)32(25)37/h4-12,15-18,21,24,27H,3,13-14,19-20H2,1-2H3/q+1. The Morgan fingerprint density at radius 2 is 1.83 bits per heavy atom. The number of oxazole rings is 1. The van der Waals surface area contributed by atoms with Gasteiger partial charge in [0.05, 0.1) is 28.3 Å². The minimum absolute atomic E-state index is 0.00712. The number of aromatic nitrogens is 2. The number of fused-ring (bicyclic) bond motifs is 2. The molecule has 0 bridgehead atoms. The SMILES string of the molecule is CC[N+](=Cc1ccc2nc(C3CC3)oc2c1)CC(c1ccccc1)c1cc2c(c(-c3cccc(Cl)c3Cl)n1)OCC2C. The van der Waals surface area contributed by atoms with Crippen molar-refractivity contribution in [2.75, 3.05) is 19.7 Å². The number of likely N-dealkylation sites (N-methyl/N-ethyl adjacent to an activating group) is 1.